The molecule has 0 atom stereocenters. The van der Waals surface area contributed by atoms with Gasteiger partial charge < -0.3 is 20.1 Å². The van der Waals surface area contributed by atoms with Crippen molar-refractivity contribution in [3.63, 3.8) is 0 Å². The van der Waals surface area contributed by atoms with E-state index in [0.717, 1.165) is 11.1 Å². The van der Waals surface area contributed by atoms with Gasteiger partial charge in [-0.05, 0) is 41.5 Å². The lowest BCUT2D eigenvalue weighted by Crippen LogP contribution is -2.27. The molecule has 0 aliphatic heterocycles. The molecule has 0 fully saturated rings. The van der Waals surface area contributed by atoms with Crippen LogP contribution in [0.15, 0.2) is 78.9 Å². The van der Waals surface area contributed by atoms with E-state index in [1.807, 2.05) is 54.6 Å². The SMILES string of the molecule is COCCNC(=O)c1cccc(NC(=O)COc2ccc(-c3ccccc3)cc2)c1. The predicted molar refractivity (Wildman–Crippen MR) is 117 cm³/mol. The van der Waals surface area contributed by atoms with Gasteiger partial charge in [0.15, 0.2) is 6.61 Å². The molecule has 0 spiro atoms. The summed E-state index contributed by atoms with van der Waals surface area (Å²) >= 11 is 0. The molecule has 0 aliphatic carbocycles. The maximum absolute atomic E-state index is 12.2. The smallest absolute Gasteiger partial charge is 0.262 e. The number of carbonyl (C=O) groups excluding carboxylic acids is 2. The summed E-state index contributed by atoms with van der Waals surface area (Å²) in [5.41, 5.74) is 3.18. The Hall–Kier alpha value is -3.64. The van der Waals surface area contributed by atoms with Crippen molar-refractivity contribution in [2.45, 2.75) is 0 Å². The van der Waals surface area contributed by atoms with Gasteiger partial charge in [-0.3, -0.25) is 9.59 Å². The highest BCUT2D eigenvalue weighted by Crippen LogP contribution is 2.22. The van der Waals surface area contributed by atoms with Crippen molar-refractivity contribution in [2.75, 3.05) is 32.2 Å². The minimum atomic E-state index is -0.306. The molecule has 0 heterocycles. The van der Waals surface area contributed by atoms with E-state index in [9.17, 15) is 9.59 Å². The van der Waals surface area contributed by atoms with E-state index in [1.165, 1.54) is 0 Å². The lowest BCUT2D eigenvalue weighted by Gasteiger charge is -2.10. The van der Waals surface area contributed by atoms with Crippen molar-refractivity contribution in [3.05, 3.63) is 84.4 Å². The van der Waals surface area contributed by atoms with Crippen LogP contribution in [-0.4, -0.2) is 38.7 Å². The maximum Gasteiger partial charge on any atom is 0.262 e. The minimum absolute atomic E-state index is 0.130. The van der Waals surface area contributed by atoms with Gasteiger partial charge in [0.05, 0.1) is 6.61 Å². The van der Waals surface area contributed by atoms with Crippen LogP contribution in [0.1, 0.15) is 10.4 Å². The summed E-state index contributed by atoms with van der Waals surface area (Å²) in [6.45, 7) is 0.726. The molecule has 0 saturated heterocycles. The van der Waals surface area contributed by atoms with E-state index < -0.39 is 0 Å². The molecule has 3 rings (SSSR count). The number of amides is 2. The largest absolute Gasteiger partial charge is 0.484 e. The predicted octanol–water partition coefficient (Wildman–Crippen LogP) is 3.75. The average molecular weight is 404 g/mol. The van der Waals surface area contributed by atoms with Crippen LogP contribution in [0.5, 0.6) is 5.75 Å². The number of rotatable bonds is 9. The first-order valence-electron chi connectivity index (χ1n) is 9.61. The number of anilines is 1. The van der Waals surface area contributed by atoms with Crippen molar-refractivity contribution < 1.29 is 19.1 Å². The summed E-state index contributed by atoms with van der Waals surface area (Å²) in [5, 5.41) is 5.49. The number of carbonyl (C=O) groups is 2. The zero-order valence-corrected chi connectivity index (χ0v) is 16.8. The monoisotopic (exact) mass is 404 g/mol. The maximum atomic E-state index is 12.2. The number of hydrogen-bond acceptors (Lipinski definition) is 4. The molecular formula is C24H24N2O4. The van der Waals surface area contributed by atoms with Crippen LogP contribution < -0.4 is 15.4 Å². The molecule has 0 radical (unpaired) electrons. The van der Waals surface area contributed by atoms with Gasteiger partial charge in [-0.15, -0.1) is 0 Å². The summed E-state index contributed by atoms with van der Waals surface area (Å²) in [6, 6.07) is 24.3. The summed E-state index contributed by atoms with van der Waals surface area (Å²) in [5.74, 6) is 0.0769. The fourth-order valence-electron chi connectivity index (χ4n) is 2.83. The highest BCUT2D eigenvalue weighted by Gasteiger charge is 2.08. The third-order valence-corrected chi connectivity index (χ3v) is 4.33. The third kappa shape index (κ3) is 6.18. The van der Waals surface area contributed by atoms with Gasteiger partial charge in [0.25, 0.3) is 11.8 Å². The lowest BCUT2D eigenvalue weighted by molar-refractivity contribution is -0.118. The van der Waals surface area contributed by atoms with Crippen molar-refractivity contribution in [3.8, 4) is 16.9 Å². The molecule has 6 nitrogen and oxygen atoms in total. The lowest BCUT2D eigenvalue weighted by atomic mass is 10.1. The number of nitrogens with one attached hydrogen (secondary N) is 2. The van der Waals surface area contributed by atoms with Crippen LogP contribution in [0.2, 0.25) is 0 Å². The number of hydrogen-bond donors (Lipinski definition) is 2. The number of methoxy groups -OCH3 is 1. The quantitative estimate of drug-likeness (QED) is 0.533. The van der Waals surface area contributed by atoms with Gasteiger partial charge >= 0.3 is 0 Å². The first-order valence-corrected chi connectivity index (χ1v) is 9.61. The summed E-state index contributed by atoms with van der Waals surface area (Å²) in [7, 11) is 1.57. The minimum Gasteiger partial charge on any atom is -0.484 e. The van der Waals surface area contributed by atoms with E-state index >= 15 is 0 Å². The highest BCUT2D eigenvalue weighted by atomic mass is 16.5. The van der Waals surface area contributed by atoms with E-state index in [1.54, 1.807) is 31.4 Å². The average Bonchev–Trinajstić information content (AvgIpc) is 2.79. The molecule has 3 aromatic rings. The molecule has 3 aromatic carbocycles. The first-order chi connectivity index (χ1) is 14.7. The van der Waals surface area contributed by atoms with E-state index in [0.29, 0.717) is 30.2 Å². The van der Waals surface area contributed by atoms with Gasteiger partial charge in [-0.2, -0.15) is 0 Å². The van der Waals surface area contributed by atoms with Crippen molar-refractivity contribution in [1.29, 1.82) is 0 Å². The Morgan fingerprint density at radius 3 is 2.33 bits per heavy atom. The molecular weight excluding hydrogens is 380 g/mol. The van der Waals surface area contributed by atoms with Gasteiger partial charge in [0.2, 0.25) is 0 Å². The van der Waals surface area contributed by atoms with E-state index in [4.69, 9.17) is 9.47 Å². The molecule has 30 heavy (non-hydrogen) atoms. The first kappa shape index (κ1) is 21.1. The van der Waals surface area contributed by atoms with Crippen molar-refractivity contribution in [2.24, 2.45) is 0 Å². The molecule has 6 heteroatoms. The Morgan fingerprint density at radius 2 is 1.60 bits per heavy atom. The molecule has 2 N–H and O–H groups in total. The fraction of sp³-hybridized carbons (Fsp3) is 0.167. The normalized spacial score (nSPS) is 10.3. The second-order valence-electron chi connectivity index (χ2n) is 6.56. The number of ether oxygens (including phenoxy) is 2. The van der Waals surface area contributed by atoms with E-state index in [-0.39, 0.29) is 18.4 Å². The topological polar surface area (TPSA) is 76.7 Å². The summed E-state index contributed by atoms with van der Waals surface area (Å²) in [4.78, 5) is 24.3. The van der Waals surface area contributed by atoms with Crippen LogP contribution in [0.4, 0.5) is 5.69 Å². The van der Waals surface area contributed by atoms with E-state index in [2.05, 4.69) is 10.6 Å². The molecule has 0 saturated carbocycles. The van der Waals surface area contributed by atoms with Gasteiger partial charge in [-0.25, -0.2) is 0 Å². The van der Waals surface area contributed by atoms with Crippen molar-refractivity contribution >= 4 is 17.5 Å². The molecule has 0 aromatic heterocycles. The Labute approximate surface area is 175 Å². The van der Waals surface area contributed by atoms with Crippen LogP contribution in [0.25, 0.3) is 11.1 Å². The van der Waals surface area contributed by atoms with Crippen LogP contribution in [0, 0.1) is 0 Å². The molecule has 154 valence electrons. The Balaban J connectivity index is 1.51. The standard InChI is InChI=1S/C24H24N2O4/c1-29-15-14-25-24(28)20-8-5-9-21(16-20)26-23(27)17-30-22-12-10-19(11-13-22)18-6-3-2-4-7-18/h2-13,16H,14-15,17H2,1H3,(H,25,28)(H,26,27). The van der Waals surface area contributed by atoms with Gasteiger partial charge in [-0.1, -0.05) is 48.5 Å². The van der Waals surface area contributed by atoms with Crippen molar-refractivity contribution in [1.82, 2.24) is 5.32 Å². The molecule has 0 aliphatic rings. The summed E-state index contributed by atoms with van der Waals surface area (Å²) in [6.07, 6.45) is 0. The second-order valence-corrected chi connectivity index (χ2v) is 6.56. The summed E-state index contributed by atoms with van der Waals surface area (Å²) < 4.78 is 10.5. The molecule has 2 amide bonds. The zero-order valence-electron chi connectivity index (χ0n) is 16.8. The Kier molecular flexibility index (Phi) is 7.58. The fourth-order valence-corrected chi connectivity index (χ4v) is 2.83. The van der Waals surface area contributed by atoms with Crippen LogP contribution >= 0.6 is 0 Å². The second kappa shape index (κ2) is 10.8. The highest BCUT2D eigenvalue weighted by molar-refractivity contribution is 5.97. The van der Waals surface area contributed by atoms with Gasteiger partial charge in [0, 0.05) is 24.9 Å². The van der Waals surface area contributed by atoms with Crippen LogP contribution in [-0.2, 0) is 9.53 Å². The zero-order chi connectivity index (χ0) is 21.2. The Bertz CT molecular complexity index is 972. The Morgan fingerprint density at radius 1 is 0.867 bits per heavy atom. The molecule has 0 bridgehead atoms. The molecule has 0 unspecified atom stereocenters. The van der Waals surface area contributed by atoms with Gasteiger partial charge in [0.1, 0.15) is 5.75 Å². The number of benzene rings is 3. The van der Waals surface area contributed by atoms with Crippen LogP contribution in [0.3, 0.4) is 0 Å². The third-order valence-electron chi connectivity index (χ3n) is 4.33.